The van der Waals surface area contributed by atoms with Crippen LogP contribution in [0, 0.1) is 5.92 Å². The van der Waals surface area contributed by atoms with Gasteiger partial charge >= 0.3 is 0 Å². The molecule has 17 heavy (non-hydrogen) atoms. The topological polar surface area (TPSA) is 49.8 Å². The van der Waals surface area contributed by atoms with Gasteiger partial charge in [-0.25, -0.2) is 9.97 Å². The Balaban J connectivity index is 1.85. The van der Waals surface area contributed by atoms with Gasteiger partial charge in [-0.05, 0) is 43.3 Å². The van der Waals surface area contributed by atoms with Crippen molar-refractivity contribution in [1.29, 1.82) is 0 Å². The van der Waals surface area contributed by atoms with E-state index in [4.69, 9.17) is 11.6 Å². The van der Waals surface area contributed by atoms with Crippen LogP contribution in [-0.4, -0.2) is 29.6 Å². The van der Waals surface area contributed by atoms with E-state index < -0.39 is 0 Å². The van der Waals surface area contributed by atoms with Crippen LogP contribution in [0.2, 0.25) is 5.28 Å². The van der Waals surface area contributed by atoms with Crippen LogP contribution in [0.25, 0.3) is 0 Å². The summed E-state index contributed by atoms with van der Waals surface area (Å²) in [4.78, 5) is 8.69. The van der Waals surface area contributed by atoms with Crippen molar-refractivity contribution in [1.82, 2.24) is 15.3 Å². The van der Waals surface area contributed by atoms with Gasteiger partial charge < -0.3 is 10.6 Å². The maximum absolute atomic E-state index is 5.98. The quantitative estimate of drug-likeness (QED) is 0.803. The predicted octanol–water partition coefficient (Wildman–Crippen LogP) is 1.64. The van der Waals surface area contributed by atoms with Crippen molar-refractivity contribution < 1.29 is 0 Å². The van der Waals surface area contributed by atoms with Crippen LogP contribution in [-0.2, 0) is 12.8 Å². The van der Waals surface area contributed by atoms with E-state index in [1.807, 2.05) is 0 Å². The van der Waals surface area contributed by atoms with E-state index in [-0.39, 0.29) is 0 Å². The number of hydrogen-bond acceptors (Lipinski definition) is 4. The summed E-state index contributed by atoms with van der Waals surface area (Å²) < 4.78 is 0. The van der Waals surface area contributed by atoms with Gasteiger partial charge in [-0.3, -0.25) is 0 Å². The van der Waals surface area contributed by atoms with Gasteiger partial charge in [0.05, 0.1) is 5.69 Å². The number of fused-ring (bicyclic) bond motifs is 1. The molecule has 0 atom stereocenters. The van der Waals surface area contributed by atoms with Crippen LogP contribution in [0.3, 0.4) is 0 Å². The Labute approximate surface area is 106 Å². The van der Waals surface area contributed by atoms with Gasteiger partial charge in [0, 0.05) is 25.1 Å². The first-order chi connectivity index (χ1) is 8.33. The first-order valence-electron chi connectivity index (χ1n) is 6.33. The molecule has 0 saturated heterocycles. The molecule has 1 aliphatic heterocycles. The molecule has 0 unspecified atom stereocenters. The molecule has 92 valence electrons. The molecular formula is C12H17ClN4. The zero-order valence-electron chi connectivity index (χ0n) is 9.80. The summed E-state index contributed by atoms with van der Waals surface area (Å²) in [7, 11) is 0. The lowest BCUT2D eigenvalue weighted by atomic mass is 10.1. The molecular weight excluding hydrogens is 236 g/mol. The molecule has 1 aromatic rings. The summed E-state index contributed by atoms with van der Waals surface area (Å²) in [6.07, 6.45) is 4.61. The average Bonchev–Trinajstić information content (AvgIpc) is 3.12. The molecule has 5 heteroatoms. The molecule has 1 saturated carbocycles. The zero-order valence-corrected chi connectivity index (χ0v) is 10.6. The molecule has 4 nitrogen and oxygen atoms in total. The van der Waals surface area contributed by atoms with Crippen molar-refractivity contribution in [3.8, 4) is 0 Å². The molecule has 0 amide bonds. The molecule has 0 aromatic carbocycles. The van der Waals surface area contributed by atoms with Gasteiger partial charge in [0.2, 0.25) is 5.28 Å². The van der Waals surface area contributed by atoms with Crippen LogP contribution < -0.4 is 10.6 Å². The maximum atomic E-state index is 5.98. The van der Waals surface area contributed by atoms with E-state index >= 15 is 0 Å². The largest absolute Gasteiger partial charge is 0.369 e. The Kier molecular flexibility index (Phi) is 3.16. The van der Waals surface area contributed by atoms with E-state index in [1.54, 1.807) is 0 Å². The fourth-order valence-electron chi connectivity index (χ4n) is 2.22. The average molecular weight is 253 g/mol. The first-order valence-corrected chi connectivity index (χ1v) is 6.70. The van der Waals surface area contributed by atoms with Crippen LogP contribution in [0.15, 0.2) is 0 Å². The van der Waals surface area contributed by atoms with E-state index in [2.05, 4.69) is 20.6 Å². The summed E-state index contributed by atoms with van der Waals surface area (Å²) in [6.45, 7) is 2.99. The number of hydrogen-bond donors (Lipinski definition) is 2. The molecule has 2 N–H and O–H groups in total. The Morgan fingerprint density at radius 2 is 2.06 bits per heavy atom. The van der Waals surface area contributed by atoms with Crippen LogP contribution >= 0.6 is 11.6 Å². The monoisotopic (exact) mass is 252 g/mol. The number of anilines is 1. The Hall–Kier alpha value is -0.870. The van der Waals surface area contributed by atoms with E-state index in [1.165, 1.54) is 18.4 Å². The molecule has 3 rings (SSSR count). The Morgan fingerprint density at radius 1 is 1.24 bits per heavy atom. The van der Waals surface area contributed by atoms with E-state index in [0.29, 0.717) is 5.28 Å². The van der Waals surface area contributed by atoms with Crippen molar-refractivity contribution in [2.45, 2.75) is 25.7 Å². The number of rotatable bonds is 3. The standard InChI is InChI=1S/C12H17ClN4/c13-12-16-10-4-6-14-5-3-9(10)11(17-12)15-7-8-1-2-8/h8,14H,1-7H2,(H,15,16,17). The maximum Gasteiger partial charge on any atom is 0.224 e. The molecule has 1 fully saturated rings. The fourth-order valence-corrected chi connectivity index (χ4v) is 2.41. The number of nitrogens with one attached hydrogen (secondary N) is 2. The van der Waals surface area contributed by atoms with Crippen molar-refractivity contribution in [2.75, 3.05) is 25.0 Å². The summed E-state index contributed by atoms with van der Waals surface area (Å²) >= 11 is 5.98. The van der Waals surface area contributed by atoms with Gasteiger partial charge in [0.25, 0.3) is 0 Å². The summed E-state index contributed by atoms with van der Waals surface area (Å²) in [5.41, 5.74) is 2.35. The lowest BCUT2D eigenvalue weighted by molar-refractivity contribution is 0.708. The smallest absolute Gasteiger partial charge is 0.224 e. The van der Waals surface area contributed by atoms with Gasteiger partial charge in [-0.15, -0.1) is 0 Å². The van der Waals surface area contributed by atoms with Gasteiger partial charge in [-0.1, -0.05) is 0 Å². The van der Waals surface area contributed by atoms with E-state index in [9.17, 15) is 0 Å². The number of aromatic nitrogens is 2. The minimum absolute atomic E-state index is 0.365. The van der Waals surface area contributed by atoms with Crippen molar-refractivity contribution in [3.05, 3.63) is 16.5 Å². The lowest BCUT2D eigenvalue weighted by Gasteiger charge is -2.12. The second-order valence-electron chi connectivity index (χ2n) is 4.84. The SMILES string of the molecule is Clc1nc2c(c(NCC3CC3)n1)CCNCC2. The fraction of sp³-hybridized carbons (Fsp3) is 0.667. The summed E-state index contributed by atoms with van der Waals surface area (Å²) in [6, 6.07) is 0. The van der Waals surface area contributed by atoms with Crippen LogP contribution in [0.4, 0.5) is 5.82 Å². The third-order valence-electron chi connectivity index (χ3n) is 3.41. The number of nitrogens with zero attached hydrogens (tertiary/aromatic N) is 2. The van der Waals surface area contributed by atoms with Crippen LogP contribution in [0.1, 0.15) is 24.1 Å². The highest BCUT2D eigenvalue weighted by atomic mass is 35.5. The second kappa shape index (κ2) is 4.78. The molecule has 2 heterocycles. The first kappa shape index (κ1) is 11.2. The van der Waals surface area contributed by atoms with Gasteiger partial charge in [0.15, 0.2) is 0 Å². The summed E-state index contributed by atoms with van der Waals surface area (Å²) in [5.74, 6) is 1.79. The minimum atomic E-state index is 0.365. The molecule has 2 aliphatic rings. The normalized spacial score (nSPS) is 19.6. The highest BCUT2D eigenvalue weighted by Crippen LogP contribution is 2.30. The Morgan fingerprint density at radius 3 is 2.88 bits per heavy atom. The highest BCUT2D eigenvalue weighted by Gasteiger charge is 2.22. The molecule has 1 aromatic heterocycles. The number of halogens is 1. The van der Waals surface area contributed by atoms with Crippen molar-refractivity contribution in [2.24, 2.45) is 5.92 Å². The summed E-state index contributed by atoms with van der Waals surface area (Å²) in [5, 5.41) is 7.18. The van der Waals surface area contributed by atoms with E-state index in [0.717, 1.165) is 49.9 Å². The highest BCUT2D eigenvalue weighted by molar-refractivity contribution is 6.28. The lowest BCUT2D eigenvalue weighted by Crippen LogP contribution is -2.16. The zero-order chi connectivity index (χ0) is 11.7. The molecule has 0 spiro atoms. The van der Waals surface area contributed by atoms with Gasteiger partial charge in [-0.2, -0.15) is 0 Å². The predicted molar refractivity (Wildman–Crippen MR) is 68.5 cm³/mol. The van der Waals surface area contributed by atoms with Crippen molar-refractivity contribution >= 4 is 17.4 Å². The molecule has 1 aliphatic carbocycles. The van der Waals surface area contributed by atoms with Gasteiger partial charge in [0.1, 0.15) is 5.82 Å². The second-order valence-corrected chi connectivity index (χ2v) is 5.18. The third kappa shape index (κ3) is 2.69. The minimum Gasteiger partial charge on any atom is -0.369 e. The van der Waals surface area contributed by atoms with Crippen LogP contribution in [0.5, 0.6) is 0 Å². The third-order valence-corrected chi connectivity index (χ3v) is 3.58. The molecule has 0 radical (unpaired) electrons. The Bertz CT molecular complexity index is 417. The van der Waals surface area contributed by atoms with Crippen molar-refractivity contribution in [3.63, 3.8) is 0 Å². The molecule has 0 bridgehead atoms.